The first-order valence-electron chi connectivity index (χ1n) is 14.7. The normalized spacial score (nSPS) is 12.8. The number of benzene rings is 6. The monoisotopic (exact) mass is 557 g/mol. The van der Waals surface area contributed by atoms with E-state index >= 15 is 0 Å². The van der Waals surface area contributed by atoms with E-state index in [2.05, 4.69) is 134 Å². The molecule has 0 saturated heterocycles. The molecule has 0 heterocycles. The van der Waals surface area contributed by atoms with Crippen LogP contribution in [0.5, 0.6) is 0 Å². The third kappa shape index (κ3) is 4.85. The van der Waals surface area contributed by atoms with E-state index in [0.717, 1.165) is 28.2 Å². The van der Waals surface area contributed by atoms with Gasteiger partial charge >= 0.3 is 7.12 Å². The lowest BCUT2D eigenvalue weighted by Crippen LogP contribution is -2.29. The Kier molecular flexibility index (Phi) is 6.74. The van der Waals surface area contributed by atoms with Crippen molar-refractivity contribution in [3.8, 4) is 33.4 Å². The highest BCUT2D eigenvalue weighted by Crippen LogP contribution is 2.50. The van der Waals surface area contributed by atoms with Gasteiger partial charge in [0.25, 0.3) is 0 Å². The second-order valence-electron chi connectivity index (χ2n) is 11.7. The molecule has 0 bridgehead atoms. The van der Waals surface area contributed by atoms with Crippen molar-refractivity contribution < 1.29 is 10.0 Å². The molecule has 1 aliphatic rings. The number of fused-ring (bicyclic) bond motifs is 3. The molecule has 0 unspecified atom stereocenters. The van der Waals surface area contributed by atoms with Gasteiger partial charge in [0.05, 0.1) is 0 Å². The van der Waals surface area contributed by atoms with E-state index in [4.69, 9.17) is 0 Å². The molecule has 2 N–H and O–H groups in total. The Hall–Kier alpha value is -4.90. The lowest BCUT2D eigenvalue weighted by Gasteiger charge is -2.28. The molecule has 6 aromatic carbocycles. The molecule has 0 saturated carbocycles. The average Bonchev–Trinajstić information content (AvgIpc) is 3.28. The molecule has 3 nitrogen and oxygen atoms in total. The van der Waals surface area contributed by atoms with Gasteiger partial charge in [-0.2, -0.15) is 0 Å². The third-order valence-electron chi connectivity index (χ3n) is 8.73. The molecule has 0 aliphatic heterocycles. The molecular weight excluding hydrogens is 525 g/mol. The number of hydrogen-bond donors (Lipinski definition) is 2. The summed E-state index contributed by atoms with van der Waals surface area (Å²) in [6.45, 7) is 4.63. The van der Waals surface area contributed by atoms with Gasteiger partial charge in [0.15, 0.2) is 0 Å². The van der Waals surface area contributed by atoms with Crippen molar-refractivity contribution in [3.63, 3.8) is 0 Å². The maximum atomic E-state index is 9.47. The Morgan fingerprint density at radius 1 is 0.465 bits per heavy atom. The zero-order valence-corrected chi connectivity index (χ0v) is 24.3. The molecule has 0 atom stereocenters. The molecule has 7 rings (SSSR count). The van der Waals surface area contributed by atoms with Crippen LogP contribution in [0.15, 0.2) is 146 Å². The van der Waals surface area contributed by atoms with E-state index in [9.17, 15) is 10.0 Å². The minimum atomic E-state index is -1.47. The maximum absolute atomic E-state index is 9.47. The Labute approximate surface area is 253 Å². The average molecular weight is 558 g/mol. The predicted octanol–water partition coefficient (Wildman–Crippen LogP) is 8.48. The SMILES string of the molecule is CC1(C)c2ccccc2-c2ccc(N(c3ccc(-c4ccccc4)cc3)c3ccc(-c4ccc(B(O)O)cc4)cc3)cc21. The van der Waals surface area contributed by atoms with Crippen LogP contribution in [0.2, 0.25) is 0 Å². The molecule has 0 spiro atoms. The van der Waals surface area contributed by atoms with Crippen molar-refractivity contribution in [2.45, 2.75) is 19.3 Å². The molecule has 1 aliphatic carbocycles. The van der Waals surface area contributed by atoms with Gasteiger partial charge in [0, 0.05) is 22.5 Å². The summed E-state index contributed by atoms with van der Waals surface area (Å²) in [5.74, 6) is 0. The summed E-state index contributed by atoms with van der Waals surface area (Å²) in [6, 6.07) is 50.7. The number of rotatable bonds is 6. The van der Waals surface area contributed by atoms with E-state index in [1.807, 2.05) is 18.2 Å². The Bertz CT molecular complexity index is 1900. The van der Waals surface area contributed by atoms with Crippen LogP contribution in [0.3, 0.4) is 0 Å². The highest BCUT2D eigenvalue weighted by molar-refractivity contribution is 6.58. The third-order valence-corrected chi connectivity index (χ3v) is 8.73. The highest BCUT2D eigenvalue weighted by Gasteiger charge is 2.35. The van der Waals surface area contributed by atoms with E-state index in [1.165, 1.54) is 33.4 Å². The molecule has 0 fully saturated rings. The van der Waals surface area contributed by atoms with E-state index in [1.54, 1.807) is 12.1 Å². The Morgan fingerprint density at radius 3 is 1.51 bits per heavy atom. The van der Waals surface area contributed by atoms with Gasteiger partial charge in [-0.1, -0.05) is 123 Å². The van der Waals surface area contributed by atoms with Crippen LogP contribution in [0.4, 0.5) is 17.1 Å². The standard InChI is InChI=1S/C39H32BNO2/c1-39(2)37-11-7-6-10-35(37)36-25-24-34(26-38(36)39)41(32-20-14-29(15-21-32)27-8-4-3-5-9-27)33-22-16-30(17-23-33)28-12-18-31(19-13-28)40(42)43/h3-26,42-43H,1-2H3. The first kappa shape index (κ1) is 27.0. The van der Waals surface area contributed by atoms with Gasteiger partial charge in [-0.25, -0.2) is 0 Å². The zero-order chi connectivity index (χ0) is 29.6. The maximum Gasteiger partial charge on any atom is 0.488 e. The lowest BCUT2D eigenvalue weighted by atomic mass is 9.80. The van der Waals surface area contributed by atoms with Crippen molar-refractivity contribution in [1.29, 1.82) is 0 Å². The summed E-state index contributed by atoms with van der Waals surface area (Å²) in [4.78, 5) is 2.32. The van der Waals surface area contributed by atoms with Gasteiger partial charge in [0.2, 0.25) is 0 Å². The summed E-state index contributed by atoms with van der Waals surface area (Å²) in [6.07, 6.45) is 0. The number of hydrogen-bond acceptors (Lipinski definition) is 3. The lowest BCUT2D eigenvalue weighted by molar-refractivity contribution is 0.426. The molecular formula is C39H32BNO2. The fraction of sp³-hybridized carbons (Fsp3) is 0.0769. The Morgan fingerprint density at radius 2 is 0.930 bits per heavy atom. The zero-order valence-electron chi connectivity index (χ0n) is 24.3. The minimum Gasteiger partial charge on any atom is -0.423 e. The van der Waals surface area contributed by atoms with Crippen LogP contribution in [-0.2, 0) is 5.41 Å². The fourth-order valence-electron chi connectivity index (χ4n) is 6.36. The first-order valence-corrected chi connectivity index (χ1v) is 14.7. The molecule has 0 aromatic heterocycles. The van der Waals surface area contributed by atoms with Crippen molar-refractivity contribution in [1.82, 2.24) is 0 Å². The summed E-state index contributed by atoms with van der Waals surface area (Å²) in [5, 5.41) is 18.9. The van der Waals surface area contributed by atoms with Gasteiger partial charge in [0.1, 0.15) is 0 Å². The highest BCUT2D eigenvalue weighted by atomic mass is 16.4. The molecule has 208 valence electrons. The Balaban J connectivity index is 1.31. The van der Waals surface area contributed by atoms with E-state index in [0.29, 0.717) is 5.46 Å². The van der Waals surface area contributed by atoms with Crippen LogP contribution in [0.1, 0.15) is 25.0 Å². The second-order valence-corrected chi connectivity index (χ2v) is 11.7. The molecule has 0 amide bonds. The predicted molar refractivity (Wildman–Crippen MR) is 179 cm³/mol. The van der Waals surface area contributed by atoms with Crippen molar-refractivity contribution in [2.24, 2.45) is 0 Å². The van der Waals surface area contributed by atoms with Crippen molar-refractivity contribution in [2.75, 3.05) is 4.90 Å². The summed E-state index contributed by atoms with van der Waals surface area (Å²) in [7, 11) is -1.47. The minimum absolute atomic E-state index is 0.0943. The summed E-state index contributed by atoms with van der Waals surface area (Å²) in [5.41, 5.74) is 13.4. The number of anilines is 3. The van der Waals surface area contributed by atoms with Crippen LogP contribution >= 0.6 is 0 Å². The summed E-state index contributed by atoms with van der Waals surface area (Å²) >= 11 is 0. The van der Waals surface area contributed by atoms with Gasteiger partial charge in [-0.3, -0.25) is 0 Å². The van der Waals surface area contributed by atoms with Crippen LogP contribution < -0.4 is 10.4 Å². The van der Waals surface area contributed by atoms with Gasteiger partial charge in [-0.15, -0.1) is 0 Å². The topological polar surface area (TPSA) is 43.7 Å². The molecule has 43 heavy (non-hydrogen) atoms. The van der Waals surface area contributed by atoms with E-state index in [-0.39, 0.29) is 5.41 Å². The van der Waals surface area contributed by atoms with E-state index < -0.39 is 7.12 Å². The molecule has 6 aromatic rings. The van der Waals surface area contributed by atoms with Crippen LogP contribution in [-0.4, -0.2) is 17.2 Å². The first-order chi connectivity index (χ1) is 20.9. The van der Waals surface area contributed by atoms with Gasteiger partial charge in [-0.05, 0) is 86.4 Å². The smallest absolute Gasteiger partial charge is 0.423 e. The quantitative estimate of drug-likeness (QED) is 0.202. The second kappa shape index (κ2) is 10.7. The number of nitrogens with zero attached hydrogens (tertiary/aromatic N) is 1. The van der Waals surface area contributed by atoms with Crippen molar-refractivity contribution in [3.05, 3.63) is 157 Å². The van der Waals surface area contributed by atoms with Crippen LogP contribution in [0, 0.1) is 0 Å². The molecule has 4 heteroatoms. The van der Waals surface area contributed by atoms with Gasteiger partial charge < -0.3 is 14.9 Å². The summed E-state index contributed by atoms with van der Waals surface area (Å²) < 4.78 is 0. The molecule has 0 radical (unpaired) electrons. The largest absolute Gasteiger partial charge is 0.488 e. The fourth-order valence-corrected chi connectivity index (χ4v) is 6.36. The van der Waals surface area contributed by atoms with Crippen LogP contribution in [0.25, 0.3) is 33.4 Å². The van der Waals surface area contributed by atoms with Crippen molar-refractivity contribution >= 4 is 29.6 Å².